The summed E-state index contributed by atoms with van der Waals surface area (Å²) in [6, 6.07) is 13.2. The quantitative estimate of drug-likeness (QED) is 0.755. The minimum absolute atomic E-state index is 0.143. The zero-order valence-corrected chi connectivity index (χ0v) is 15.7. The first kappa shape index (κ1) is 19.7. The van der Waals surface area contributed by atoms with Crippen molar-refractivity contribution in [2.24, 2.45) is 0 Å². The first-order valence-corrected chi connectivity index (χ1v) is 9.31. The average molecular weight is 378 g/mol. The molecule has 0 fully saturated rings. The van der Waals surface area contributed by atoms with E-state index in [1.54, 1.807) is 43.5 Å². The number of hydrogen-bond donors (Lipinski definition) is 1. The van der Waals surface area contributed by atoms with E-state index in [-0.39, 0.29) is 18.0 Å². The second-order valence-corrected chi connectivity index (χ2v) is 7.57. The molecule has 0 saturated carbocycles. The van der Waals surface area contributed by atoms with Crippen LogP contribution < -0.4 is 14.8 Å². The zero-order chi connectivity index (χ0) is 19.2. The maximum absolute atomic E-state index is 12.4. The first-order chi connectivity index (χ1) is 12.4. The number of carbonyl (C=O) groups is 1. The Labute approximate surface area is 153 Å². The Hall–Kier alpha value is -2.58. The maximum Gasteiger partial charge on any atom is 0.243 e. The predicted molar refractivity (Wildman–Crippen MR) is 97.7 cm³/mol. The topological polar surface area (TPSA) is 84.9 Å². The molecule has 0 aliphatic carbocycles. The summed E-state index contributed by atoms with van der Waals surface area (Å²) in [5, 5.41) is 2.70. The van der Waals surface area contributed by atoms with Gasteiger partial charge in [0.2, 0.25) is 15.9 Å². The van der Waals surface area contributed by atoms with Gasteiger partial charge in [-0.25, -0.2) is 8.42 Å². The van der Waals surface area contributed by atoms with Crippen LogP contribution in [0.25, 0.3) is 0 Å². The molecule has 0 saturated heterocycles. The van der Waals surface area contributed by atoms with Crippen molar-refractivity contribution in [3.05, 3.63) is 54.1 Å². The summed E-state index contributed by atoms with van der Waals surface area (Å²) in [5.74, 6) is 0.826. The van der Waals surface area contributed by atoms with E-state index in [9.17, 15) is 13.2 Å². The van der Waals surface area contributed by atoms with E-state index < -0.39 is 15.9 Å². The van der Waals surface area contributed by atoms with Crippen molar-refractivity contribution in [1.82, 2.24) is 9.62 Å². The summed E-state index contributed by atoms with van der Waals surface area (Å²) in [6.45, 7) is -0.0953. The van der Waals surface area contributed by atoms with Crippen LogP contribution in [0.4, 0.5) is 0 Å². The Morgan fingerprint density at radius 1 is 1.08 bits per heavy atom. The molecule has 140 valence electrons. The van der Waals surface area contributed by atoms with Gasteiger partial charge in [0.25, 0.3) is 0 Å². The van der Waals surface area contributed by atoms with Gasteiger partial charge < -0.3 is 14.8 Å². The number of sulfonamides is 1. The lowest BCUT2D eigenvalue weighted by molar-refractivity contribution is -0.121. The minimum Gasteiger partial charge on any atom is -0.497 e. The van der Waals surface area contributed by atoms with E-state index in [1.165, 1.54) is 26.3 Å². The first-order valence-electron chi connectivity index (χ1n) is 7.87. The van der Waals surface area contributed by atoms with Gasteiger partial charge in [-0.1, -0.05) is 18.2 Å². The molecule has 7 nitrogen and oxygen atoms in total. The van der Waals surface area contributed by atoms with Gasteiger partial charge in [-0.15, -0.1) is 0 Å². The average Bonchev–Trinajstić information content (AvgIpc) is 2.66. The van der Waals surface area contributed by atoms with Crippen molar-refractivity contribution >= 4 is 15.9 Å². The highest BCUT2D eigenvalue weighted by Gasteiger charge is 2.22. The molecule has 0 atom stereocenters. The fourth-order valence-electron chi connectivity index (χ4n) is 2.33. The summed E-state index contributed by atoms with van der Waals surface area (Å²) in [7, 11) is 0.741. The number of rotatable bonds is 8. The van der Waals surface area contributed by atoms with Crippen molar-refractivity contribution in [1.29, 1.82) is 0 Å². The van der Waals surface area contributed by atoms with Crippen LogP contribution in [0.5, 0.6) is 11.5 Å². The molecule has 2 aromatic rings. The van der Waals surface area contributed by atoms with Crippen LogP contribution in [-0.4, -0.2) is 46.4 Å². The maximum atomic E-state index is 12.4. The van der Waals surface area contributed by atoms with Gasteiger partial charge in [0.15, 0.2) is 0 Å². The Morgan fingerprint density at radius 2 is 1.77 bits per heavy atom. The zero-order valence-electron chi connectivity index (χ0n) is 14.9. The Balaban J connectivity index is 2.01. The molecule has 8 heteroatoms. The molecule has 1 amide bonds. The van der Waals surface area contributed by atoms with Crippen LogP contribution in [0, 0.1) is 0 Å². The SMILES string of the molecule is COc1ccc(OC)c(CNC(=O)CN(C)S(=O)(=O)c2ccccc2)c1. The largest absolute Gasteiger partial charge is 0.497 e. The highest BCUT2D eigenvalue weighted by molar-refractivity contribution is 7.89. The molecule has 0 radical (unpaired) electrons. The molecule has 0 spiro atoms. The Kier molecular flexibility index (Phi) is 6.59. The number of benzene rings is 2. The van der Waals surface area contributed by atoms with Crippen LogP contribution in [0.1, 0.15) is 5.56 Å². The number of likely N-dealkylation sites (N-methyl/N-ethyl adjacent to an activating group) is 1. The standard InChI is InChI=1S/C18H22N2O5S/c1-20(26(22,23)16-7-5-4-6-8-16)13-18(21)19-12-14-11-15(24-2)9-10-17(14)25-3/h4-11H,12-13H2,1-3H3,(H,19,21). The summed E-state index contributed by atoms with van der Waals surface area (Å²) in [4.78, 5) is 12.3. The monoisotopic (exact) mass is 378 g/mol. The number of ether oxygens (including phenoxy) is 2. The molecule has 26 heavy (non-hydrogen) atoms. The fourth-order valence-corrected chi connectivity index (χ4v) is 3.48. The molecule has 0 unspecified atom stereocenters. The fraction of sp³-hybridized carbons (Fsp3) is 0.278. The number of hydrogen-bond acceptors (Lipinski definition) is 5. The predicted octanol–water partition coefficient (Wildman–Crippen LogP) is 1.64. The van der Waals surface area contributed by atoms with E-state index >= 15 is 0 Å². The lowest BCUT2D eigenvalue weighted by atomic mass is 10.2. The summed E-state index contributed by atoms with van der Waals surface area (Å²) in [6.07, 6.45) is 0. The minimum atomic E-state index is -3.71. The van der Waals surface area contributed by atoms with E-state index in [4.69, 9.17) is 9.47 Å². The van der Waals surface area contributed by atoms with Crippen molar-refractivity contribution in [3.63, 3.8) is 0 Å². The van der Waals surface area contributed by atoms with Crippen molar-refractivity contribution < 1.29 is 22.7 Å². The normalized spacial score (nSPS) is 11.2. The lowest BCUT2D eigenvalue weighted by Crippen LogP contribution is -2.38. The highest BCUT2D eigenvalue weighted by Crippen LogP contribution is 2.23. The van der Waals surface area contributed by atoms with Gasteiger partial charge in [0.1, 0.15) is 11.5 Å². The van der Waals surface area contributed by atoms with Gasteiger partial charge in [-0.3, -0.25) is 4.79 Å². The lowest BCUT2D eigenvalue weighted by Gasteiger charge is -2.17. The third-order valence-electron chi connectivity index (χ3n) is 3.78. The van der Waals surface area contributed by atoms with Gasteiger partial charge >= 0.3 is 0 Å². The highest BCUT2D eigenvalue weighted by atomic mass is 32.2. The number of amides is 1. The molecular formula is C18H22N2O5S. The van der Waals surface area contributed by atoms with Gasteiger partial charge in [0, 0.05) is 19.2 Å². The molecule has 0 heterocycles. The van der Waals surface area contributed by atoms with Crippen LogP contribution in [0.15, 0.2) is 53.4 Å². The molecular weight excluding hydrogens is 356 g/mol. The van der Waals surface area contributed by atoms with Crippen LogP contribution in [0.2, 0.25) is 0 Å². The smallest absolute Gasteiger partial charge is 0.243 e. The molecule has 0 aliphatic heterocycles. The third kappa shape index (κ3) is 4.74. The van der Waals surface area contributed by atoms with Crippen molar-refractivity contribution in [3.8, 4) is 11.5 Å². The second kappa shape index (κ2) is 8.68. The van der Waals surface area contributed by atoms with Gasteiger partial charge in [-0.05, 0) is 30.3 Å². The number of methoxy groups -OCH3 is 2. The van der Waals surface area contributed by atoms with E-state index in [1.807, 2.05) is 0 Å². The van der Waals surface area contributed by atoms with Gasteiger partial charge in [0.05, 0.1) is 25.7 Å². The molecule has 0 bridgehead atoms. The Bertz CT molecular complexity index is 853. The molecule has 2 aromatic carbocycles. The van der Waals surface area contributed by atoms with Crippen LogP contribution >= 0.6 is 0 Å². The van der Waals surface area contributed by atoms with Crippen molar-refractivity contribution in [2.45, 2.75) is 11.4 Å². The summed E-state index contributed by atoms with van der Waals surface area (Å²) < 4.78 is 36.3. The van der Waals surface area contributed by atoms with Crippen LogP contribution in [0.3, 0.4) is 0 Å². The Morgan fingerprint density at radius 3 is 2.38 bits per heavy atom. The third-order valence-corrected chi connectivity index (χ3v) is 5.60. The summed E-state index contributed by atoms with van der Waals surface area (Å²) in [5.41, 5.74) is 0.730. The number of nitrogens with one attached hydrogen (secondary N) is 1. The molecule has 1 N–H and O–H groups in total. The molecule has 0 aromatic heterocycles. The second-order valence-electron chi connectivity index (χ2n) is 5.53. The van der Waals surface area contributed by atoms with Crippen molar-refractivity contribution in [2.75, 3.05) is 27.8 Å². The molecule has 0 aliphatic rings. The van der Waals surface area contributed by atoms with E-state index in [2.05, 4.69) is 5.32 Å². The van der Waals surface area contributed by atoms with Gasteiger partial charge in [-0.2, -0.15) is 4.31 Å². The van der Waals surface area contributed by atoms with Crippen LogP contribution in [-0.2, 0) is 21.4 Å². The van der Waals surface area contributed by atoms with E-state index in [0.29, 0.717) is 11.5 Å². The van der Waals surface area contributed by atoms with E-state index in [0.717, 1.165) is 9.87 Å². The number of nitrogens with zero attached hydrogens (tertiary/aromatic N) is 1. The number of carbonyl (C=O) groups excluding carboxylic acids is 1. The summed E-state index contributed by atoms with van der Waals surface area (Å²) >= 11 is 0. The molecule has 2 rings (SSSR count).